The molecular formula is C13H12O3. The molecule has 0 amide bonds. The van der Waals surface area contributed by atoms with E-state index in [1.807, 2.05) is 6.92 Å². The second kappa shape index (κ2) is 3.59. The summed E-state index contributed by atoms with van der Waals surface area (Å²) in [6.07, 6.45) is 0.504. The summed E-state index contributed by atoms with van der Waals surface area (Å²) in [6.45, 7) is 3.49. The van der Waals surface area contributed by atoms with Crippen LogP contribution < -0.4 is 0 Å². The van der Waals surface area contributed by atoms with Crippen LogP contribution in [0.25, 0.3) is 0 Å². The lowest BCUT2D eigenvalue weighted by Gasteiger charge is -2.18. The topological polar surface area (TPSA) is 54.4 Å². The highest BCUT2D eigenvalue weighted by molar-refractivity contribution is 6.27. The molecule has 16 heavy (non-hydrogen) atoms. The SMILES string of the molecule is CCC1=C(C)C(=O)c2cccc(O)c2C1=O. The predicted octanol–water partition coefficient (Wildman–Crippen LogP) is 2.50. The predicted molar refractivity (Wildman–Crippen MR) is 59.8 cm³/mol. The van der Waals surface area contributed by atoms with Gasteiger partial charge in [-0.3, -0.25) is 9.59 Å². The van der Waals surface area contributed by atoms with E-state index in [0.717, 1.165) is 0 Å². The quantitative estimate of drug-likeness (QED) is 0.784. The molecule has 0 saturated carbocycles. The Balaban J connectivity index is 2.75. The van der Waals surface area contributed by atoms with E-state index in [-0.39, 0.29) is 22.9 Å². The molecule has 1 N–H and O–H groups in total. The minimum atomic E-state index is -0.229. The Kier molecular flexibility index (Phi) is 2.38. The molecule has 3 nitrogen and oxygen atoms in total. The van der Waals surface area contributed by atoms with Gasteiger partial charge < -0.3 is 5.11 Å². The van der Waals surface area contributed by atoms with Crippen molar-refractivity contribution in [3.05, 3.63) is 40.5 Å². The maximum atomic E-state index is 12.1. The van der Waals surface area contributed by atoms with Gasteiger partial charge in [-0.2, -0.15) is 0 Å². The number of ketones is 2. The zero-order chi connectivity index (χ0) is 11.9. The van der Waals surface area contributed by atoms with E-state index in [4.69, 9.17) is 0 Å². The van der Waals surface area contributed by atoms with Crippen LogP contribution in [-0.4, -0.2) is 16.7 Å². The van der Waals surface area contributed by atoms with E-state index in [9.17, 15) is 14.7 Å². The van der Waals surface area contributed by atoms with Gasteiger partial charge in [0.1, 0.15) is 5.75 Å². The van der Waals surface area contributed by atoms with Gasteiger partial charge in [0.05, 0.1) is 5.56 Å². The second-order valence-electron chi connectivity index (χ2n) is 3.82. The maximum Gasteiger partial charge on any atom is 0.193 e. The Morgan fingerprint density at radius 1 is 1.19 bits per heavy atom. The van der Waals surface area contributed by atoms with Crippen molar-refractivity contribution >= 4 is 11.6 Å². The standard InChI is InChI=1S/C13H12O3/c1-3-8-7(2)12(15)9-5-4-6-10(14)11(9)13(8)16/h4-6,14H,3H2,1-2H3. The summed E-state index contributed by atoms with van der Waals surface area (Å²) in [7, 11) is 0. The van der Waals surface area contributed by atoms with Crippen LogP contribution in [0.5, 0.6) is 5.75 Å². The number of allylic oxidation sites excluding steroid dienone is 2. The fraction of sp³-hybridized carbons (Fsp3) is 0.231. The van der Waals surface area contributed by atoms with Gasteiger partial charge in [-0.05, 0) is 19.4 Å². The largest absolute Gasteiger partial charge is 0.507 e. The third-order valence-corrected chi connectivity index (χ3v) is 2.94. The monoisotopic (exact) mass is 216 g/mol. The van der Waals surface area contributed by atoms with E-state index in [1.165, 1.54) is 6.07 Å². The lowest BCUT2D eigenvalue weighted by atomic mass is 9.83. The summed E-state index contributed by atoms with van der Waals surface area (Å²) in [4.78, 5) is 24.0. The van der Waals surface area contributed by atoms with Crippen LogP contribution in [0.15, 0.2) is 29.3 Å². The molecule has 0 saturated heterocycles. The number of rotatable bonds is 1. The van der Waals surface area contributed by atoms with Gasteiger partial charge in [-0.1, -0.05) is 19.1 Å². The normalized spacial score (nSPS) is 15.4. The average molecular weight is 216 g/mol. The van der Waals surface area contributed by atoms with Crippen molar-refractivity contribution in [2.45, 2.75) is 20.3 Å². The molecule has 3 heteroatoms. The molecule has 0 unspecified atom stereocenters. The fourth-order valence-corrected chi connectivity index (χ4v) is 2.05. The summed E-state index contributed by atoms with van der Waals surface area (Å²) in [5.74, 6) is -0.510. The van der Waals surface area contributed by atoms with Crippen molar-refractivity contribution in [2.75, 3.05) is 0 Å². The summed E-state index contributed by atoms with van der Waals surface area (Å²) >= 11 is 0. The Morgan fingerprint density at radius 3 is 2.50 bits per heavy atom. The zero-order valence-corrected chi connectivity index (χ0v) is 9.20. The Morgan fingerprint density at radius 2 is 1.88 bits per heavy atom. The van der Waals surface area contributed by atoms with Gasteiger partial charge in [0.2, 0.25) is 0 Å². The molecule has 1 aromatic rings. The maximum absolute atomic E-state index is 12.1. The van der Waals surface area contributed by atoms with E-state index in [1.54, 1.807) is 19.1 Å². The highest BCUT2D eigenvalue weighted by atomic mass is 16.3. The molecule has 1 aliphatic rings. The molecule has 0 radical (unpaired) electrons. The van der Waals surface area contributed by atoms with Crippen molar-refractivity contribution in [2.24, 2.45) is 0 Å². The minimum Gasteiger partial charge on any atom is -0.507 e. The Bertz CT molecular complexity index is 524. The van der Waals surface area contributed by atoms with Crippen molar-refractivity contribution in [3.63, 3.8) is 0 Å². The summed E-state index contributed by atoms with van der Waals surface area (Å²) in [5.41, 5.74) is 1.44. The number of hydrogen-bond acceptors (Lipinski definition) is 3. The molecule has 1 aromatic carbocycles. The first-order valence-corrected chi connectivity index (χ1v) is 5.19. The first-order chi connectivity index (χ1) is 7.57. The van der Waals surface area contributed by atoms with Crippen LogP contribution in [0, 0.1) is 0 Å². The van der Waals surface area contributed by atoms with E-state index < -0.39 is 0 Å². The van der Waals surface area contributed by atoms with Crippen molar-refractivity contribution in [3.8, 4) is 5.75 Å². The number of benzene rings is 1. The molecule has 0 heterocycles. The summed E-state index contributed by atoms with van der Waals surface area (Å²) < 4.78 is 0. The third-order valence-electron chi connectivity index (χ3n) is 2.94. The zero-order valence-electron chi connectivity index (χ0n) is 9.20. The third kappa shape index (κ3) is 1.28. The highest BCUT2D eigenvalue weighted by Gasteiger charge is 2.30. The molecule has 0 spiro atoms. The van der Waals surface area contributed by atoms with Crippen LogP contribution >= 0.6 is 0 Å². The molecule has 1 aliphatic carbocycles. The number of carbonyl (C=O) groups excluding carboxylic acids is 2. The van der Waals surface area contributed by atoms with Gasteiger partial charge in [-0.25, -0.2) is 0 Å². The van der Waals surface area contributed by atoms with Crippen molar-refractivity contribution in [1.82, 2.24) is 0 Å². The van der Waals surface area contributed by atoms with Gasteiger partial charge >= 0.3 is 0 Å². The molecular weight excluding hydrogens is 204 g/mol. The first kappa shape index (κ1) is 10.6. The molecule has 0 atom stereocenters. The number of aromatic hydroxyl groups is 1. The van der Waals surface area contributed by atoms with Crippen LogP contribution in [0.1, 0.15) is 41.0 Å². The molecule has 0 bridgehead atoms. The number of carbonyl (C=O) groups is 2. The summed E-state index contributed by atoms with van der Waals surface area (Å²) in [5, 5.41) is 9.65. The van der Waals surface area contributed by atoms with E-state index >= 15 is 0 Å². The molecule has 82 valence electrons. The van der Waals surface area contributed by atoms with Crippen LogP contribution in [0.2, 0.25) is 0 Å². The molecule has 0 aromatic heterocycles. The highest BCUT2D eigenvalue weighted by Crippen LogP contribution is 2.32. The first-order valence-electron chi connectivity index (χ1n) is 5.19. The lowest BCUT2D eigenvalue weighted by Crippen LogP contribution is -2.20. The van der Waals surface area contributed by atoms with Gasteiger partial charge in [0, 0.05) is 16.7 Å². The average Bonchev–Trinajstić information content (AvgIpc) is 2.26. The second-order valence-corrected chi connectivity index (χ2v) is 3.82. The molecule has 2 rings (SSSR count). The van der Waals surface area contributed by atoms with Crippen LogP contribution in [-0.2, 0) is 0 Å². The number of fused-ring (bicyclic) bond motifs is 1. The van der Waals surface area contributed by atoms with Crippen molar-refractivity contribution < 1.29 is 14.7 Å². The van der Waals surface area contributed by atoms with Gasteiger partial charge in [0.15, 0.2) is 11.6 Å². The lowest BCUT2D eigenvalue weighted by molar-refractivity contribution is 0.0970. The van der Waals surface area contributed by atoms with Crippen LogP contribution in [0.4, 0.5) is 0 Å². The van der Waals surface area contributed by atoms with Crippen LogP contribution in [0.3, 0.4) is 0 Å². The smallest absolute Gasteiger partial charge is 0.193 e. The number of phenols is 1. The molecule has 0 aliphatic heterocycles. The molecule has 0 fully saturated rings. The number of phenolic OH excluding ortho intramolecular Hbond substituents is 1. The van der Waals surface area contributed by atoms with Crippen molar-refractivity contribution in [1.29, 1.82) is 0 Å². The Hall–Kier alpha value is -1.90. The van der Waals surface area contributed by atoms with Gasteiger partial charge in [-0.15, -0.1) is 0 Å². The van der Waals surface area contributed by atoms with E-state index in [2.05, 4.69) is 0 Å². The summed E-state index contributed by atoms with van der Waals surface area (Å²) in [6, 6.07) is 4.58. The number of hydrogen-bond donors (Lipinski definition) is 1. The van der Waals surface area contributed by atoms with Gasteiger partial charge in [0.25, 0.3) is 0 Å². The Labute approximate surface area is 93.4 Å². The van der Waals surface area contributed by atoms with E-state index in [0.29, 0.717) is 23.1 Å². The fourth-order valence-electron chi connectivity index (χ4n) is 2.05. The minimum absolute atomic E-state index is 0.116. The number of Topliss-reactive ketones (excluding diaryl/α,β-unsaturated/α-hetero) is 2.